The summed E-state index contributed by atoms with van der Waals surface area (Å²) in [6.07, 6.45) is 0. The fraction of sp³-hybridized carbons (Fsp3) is 0. The second-order valence-corrected chi connectivity index (χ2v) is 3.52. The predicted octanol–water partition coefficient (Wildman–Crippen LogP) is 2.60. The third-order valence-corrected chi connectivity index (χ3v) is 2.72. The second kappa shape index (κ2) is 2.60. The molecular weight excluding hydrogens is 172 g/mol. The number of carbonyl (C=O) groups is 1. The molecule has 12 heavy (non-hydrogen) atoms. The molecule has 0 amide bonds. The summed E-state index contributed by atoms with van der Waals surface area (Å²) in [6, 6.07) is 9.41. The van der Waals surface area contributed by atoms with E-state index in [9.17, 15) is 4.79 Å². The summed E-state index contributed by atoms with van der Waals surface area (Å²) in [5, 5.41) is 4.89. The number of benzene rings is 1. The van der Waals surface area contributed by atoms with Crippen LogP contribution < -0.4 is 0 Å². The largest absolute Gasteiger partial charge is 0.477 e. The molecular formula is C9H6O2S. The zero-order valence-corrected chi connectivity index (χ0v) is 6.93. The number of carboxylic acids is 1. The third kappa shape index (κ3) is 1.08. The van der Waals surface area contributed by atoms with Crippen molar-refractivity contribution in [1.82, 2.24) is 0 Å². The molecule has 3 heteroatoms. The first-order valence-corrected chi connectivity index (χ1v) is 4.29. The fourth-order valence-corrected chi connectivity index (χ4v) is 1.98. The van der Waals surface area contributed by atoms with Crippen LogP contribution in [0.15, 0.2) is 30.3 Å². The molecule has 0 saturated carbocycles. The standard InChI is InChI=1S/C9H6O2S/c10-9(11)8-5-6-3-1-2-4-7(6)12-8/h1-5H,(H,10,11)/i/hD. The molecule has 1 aromatic heterocycles. The molecule has 0 fully saturated rings. The number of hydrogen-bond acceptors (Lipinski definition) is 3. The van der Waals surface area contributed by atoms with E-state index in [1.807, 2.05) is 24.3 Å². The normalized spacial score (nSPS) is 11.2. The van der Waals surface area contributed by atoms with Gasteiger partial charge in [-0.1, -0.05) is 18.2 Å². The maximum atomic E-state index is 11.0. The Morgan fingerprint density at radius 1 is 1.50 bits per heavy atom. The average Bonchev–Trinajstić information content (AvgIpc) is 2.59. The van der Waals surface area contributed by atoms with E-state index in [-0.39, 0.29) is 0 Å². The lowest BCUT2D eigenvalue weighted by Crippen LogP contribution is -1.89. The Bertz CT molecular complexity index is 417. The minimum Gasteiger partial charge on any atom is -0.477 e. The Morgan fingerprint density at radius 3 is 3.08 bits per heavy atom. The first-order chi connectivity index (χ1) is 6.31. The fourth-order valence-electron chi connectivity index (χ4n) is 1.08. The molecule has 1 heterocycles. The highest BCUT2D eigenvalue weighted by atomic mass is 32.1. The monoisotopic (exact) mass is 179 g/mol. The molecule has 60 valence electrons. The molecule has 1 aromatic carbocycles. The first kappa shape index (κ1) is 6.20. The highest BCUT2D eigenvalue weighted by Gasteiger charge is 2.06. The molecule has 0 aliphatic carbocycles. The maximum absolute atomic E-state index is 11.0. The van der Waals surface area contributed by atoms with Gasteiger partial charge in [0, 0.05) is 4.70 Å². The lowest BCUT2D eigenvalue weighted by molar-refractivity contribution is 0.0702. The van der Waals surface area contributed by atoms with Crippen molar-refractivity contribution in [1.29, 1.82) is 1.43 Å². The molecule has 2 aromatic rings. The summed E-state index contributed by atoms with van der Waals surface area (Å²) in [7, 11) is 0. The molecule has 0 unspecified atom stereocenters. The minimum atomic E-state index is -0.596. The van der Waals surface area contributed by atoms with Gasteiger partial charge in [0.05, 0.1) is 0 Å². The molecule has 0 radical (unpaired) electrons. The zero-order chi connectivity index (χ0) is 9.26. The van der Waals surface area contributed by atoms with Gasteiger partial charge in [-0.25, -0.2) is 4.79 Å². The van der Waals surface area contributed by atoms with E-state index in [2.05, 4.69) is 5.11 Å². The van der Waals surface area contributed by atoms with E-state index in [1.54, 1.807) is 6.07 Å². The number of fused-ring (bicyclic) bond motifs is 1. The van der Waals surface area contributed by atoms with Gasteiger partial charge < -0.3 is 5.11 Å². The molecule has 0 aliphatic heterocycles. The maximum Gasteiger partial charge on any atom is 0.345 e. The van der Waals surface area contributed by atoms with Crippen LogP contribution in [0.25, 0.3) is 11.5 Å². The van der Waals surface area contributed by atoms with E-state index >= 15 is 0 Å². The van der Waals surface area contributed by atoms with Gasteiger partial charge in [-0.05, 0) is 17.5 Å². The van der Waals surface area contributed by atoms with E-state index in [0.29, 0.717) is 4.88 Å². The SMILES string of the molecule is [2H]OC(=O)c1cc2ccccc2s1. The van der Waals surface area contributed by atoms with Crippen LogP contribution in [-0.2, 0) is 0 Å². The number of aromatic carboxylic acids is 1. The van der Waals surface area contributed by atoms with Gasteiger partial charge in [0.15, 0.2) is 0 Å². The minimum absolute atomic E-state index is 0.469. The van der Waals surface area contributed by atoms with Crippen LogP contribution in [0, 0.1) is 0 Å². The summed E-state index contributed by atoms with van der Waals surface area (Å²) in [6.45, 7) is 0. The topological polar surface area (TPSA) is 37.3 Å². The van der Waals surface area contributed by atoms with Crippen molar-refractivity contribution in [3.05, 3.63) is 35.2 Å². The summed E-state index contributed by atoms with van der Waals surface area (Å²) >= 11 is 1.34. The van der Waals surface area contributed by atoms with Crippen LogP contribution in [-0.4, -0.2) is 11.1 Å². The van der Waals surface area contributed by atoms with Gasteiger partial charge in [-0.2, -0.15) is 0 Å². The third-order valence-electron chi connectivity index (χ3n) is 1.63. The van der Waals surface area contributed by atoms with Crippen molar-refractivity contribution in [2.45, 2.75) is 0 Å². The quantitative estimate of drug-likeness (QED) is 0.730. The van der Waals surface area contributed by atoms with Gasteiger partial charge in [-0.15, -0.1) is 11.3 Å². The molecule has 1 N–H and O–H groups in total. The molecule has 0 aliphatic rings. The van der Waals surface area contributed by atoms with Crippen molar-refractivity contribution < 1.29 is 9.90 Å². The van der Waals surface area contributed by atoms with E-state index in [4.69, 9.17) is 1.43 Å². The first-order valence-electron chi connectivity index (χ1n) is 3.88. The summed E-state index contributed by atoms with van der Waals surface area (Å²) in [5.74, 6) is -0.596. The molecule has 2 nitrogen and oxygen atoms in total. The van der Waals surface area contributed by atoms with Gasteiger partial charge in [-0.3, -0.25) is 0 Å². The molecule has 0 spiro atoms. The number of hydrogen-bond donors (Lipinski definition) is 1. The lowest BCUT2D eigenvalue weighted by Gasteiger charge is -1.82. The second-order valence-electron chi connectivity index (χ2n) is 2.44. The van der Waals surface area contributed by atoms with Crippen molar-refractivity contribution in [2.75, 3.05) is 0 Å². The van der Waals surface area contributed by atoms with Crippen LogP contribution in [0.3, 0.4) is 0 Å². The van der Waals surface area contributed by atoms with E-state index in [1.165, 1.54) is 11.3 Å². The molecule has 0 bridgehead atoms. The van der Waals surface area contributed by atoms with Gasteiger partial charge >= 0.3 is 5.97 Å². The Morgan fingerprint density at radius 2 is 2.33 bits per heavy atom. The number of thiophene rings is 1. The van der Waals surface area contributed by atoms with Crippen LogP contribution in [0.5, 0.6) is 0 Å². The number of rotatable bonds is 1. The van der Waals surface area contributed by atoms with Crippen molar-refractivity contribution in [3.8, 4) is 0 Å². The lowest BCUT2D eigenvalue weighted by atomic mass is 10.2. The summed E-state index contributed by atoms with van der Waals surface area (Å²) < 4.78 is 7.51. The van der Waals surface area contributed by atoms with Crippen molar-refractivity contribution >= 4 is 27.4 Å². The Kier molecular flexibility index (Phi) is 1.35. The molecule has 2 rings (SSSR count). The van der Waals surface area contributed by atoms with Crippen LogP contribution in [0.1, 0.15) is 9.67 Å². The van der Waals surface area contributed by atoms with Crippen LogP contribution >= 0.6 is 11.3 Å². The van der Waals surface area contributed by atoms with E-state index < -0.39 is 5.97 Å². The summed E-state index contributed by atoms with van der Waals surface area (Å²) in [4.78, 5) is 11.5. The Hall–Kier alpha value is -1.35. The van der Waals surface area contributed by atoms with Gasteiger partial charge in [0.25, 0.3) is 1.43 Å². The van der Waals surface area contributed by atoms with Crippen molar-refractivity contribution in [2.24, 2.45) is 0 Å². The zero-order valence-electron chi connectivity index (χ0n) is 7.11. The smallest absolute Gasteiger partial charge is 0.345 e. The predicted molar refractivity (Wildman–Crippen MR) is 48.8 cm³/mol. The molecule has 0 saturated heterocycles. The summed E-state index contributed by atoms with van der Waals surface area (Å²) in [5.41, 5.74) is 0. The highest BCUT2D eigenvalue weighted by Crippen LogP contribution is 2.24. The van der Waals surface area contributed by atoms with Crippen molar-refractivity contribution in [3.63, 3.8) is 0 Å². The number of carboxylic acid groups (broad SMARTS) is 1. The van der Waals surface area contributed by atoms with Gasteiger partial charge in [0.1, 0.15) is 4.88 Å². The highest BCUT2D eigenvalue weighted by molar-refractivity contribution is 7.20. The van der Waals surface area contributed by atoms with Crippen LogP contribution in [0.4, 0.5) is 0 Å². The van der Waals surface area contributed by atoms with Gasteiger partial charge in [0.2, 0.25) is 0 Å². The van der Waals surface area contributed by atoms with E-state index in [0.717, 1.165) is 10.1 Å². The Labute approximate surface area is 74.6 Å². The van der Waals surface area contributed by atoms with Crippen LogP contribution in [0.2, 0.25) is 0 Å². The average molecular weight is 179 g/mol. The Balaban J connectivity index is 2.56. The molecule has 0 atom stereocenters.